The molecule has 0 aliphatic heterocycles. The molecule has 0 N–H and O–H groups in total. The van der Waals surface area contributed by atoms with Gasteiger partial charge in [-0.1, -0.05) is 23.4 Å². The van der Waals surface area contributed by atoms with Gasteiger partial charge in [0, 0.05) is 24.5 Å². The Bertz CT molecular complexity index is 1160. The maximum absolute atomic E-state index is 13.5. The summed E-state index contributed by atoms with van der Waals surface area (Å²) in [6.07, 6.45) is 1.78. The lowest BCUT2D eigenvalue weighted by Gasteiger charge is -2.18. The third-order valence-corrected chi connectivity index (χ3v) is 5.08. The second-order valence-electron chi connectivity index (χ2n) is 6.36. The minimum absolute atomic E-state index is 0.0872. The van der Waals surface area contributed by atoms with Gasteiger partial charge in [0.15, 0.2) is 0 Å². The van der Waals surface area contributed by atoms with Crippen LogP contribution >= 0.6 is 15.9 Å². The van der Waals surface area contributed by atoms with Crippen LogP contribution in [0.25, 0.3) is 23.0 Å². The topological polar surface area (TPSA) is 64.2 Å². The highest BCUT2D eigenvalue weighted by molar-refractivity contribution is 9.10. The lowest BCUT2D eigenvalue weighted by molar-refractivity contribution is -0.118. The standard InChI is InChI=1S/C21H16BrFN4O2/c1-26(15-6-3-2-4-7-15)19(28)13-27-11-5-8-18(27)21-24-20(25-29-21)14-9-10-17(23)16(22)12-14/h2-12H,13H2,1H3. The van der Waals surface area contributed by atoms with Gasteiger partial charge in [-0.25, -0.2) is 4.39 Å². The molecule has 0 fully saturated rings. The monoisotopic (exact) mass is 454 g/mol. The Morgan fingerprint density at radius 3 is 2.72 bits per heavy atom. The maximum atomic E-state index is 13.5. The highest BCUT2D eigenvalue weighted by atomic mass is 79.9. The molecular weight excluding hydrogens is 439 g/mol. The molecule has 1 amide bonds. The van der Waals surface area contributed by atoms with E-state index >= 15 is 0 Å². The first kappa shape index (κ1) is 19.1. The first-order chi connectivity index (χ1) is 14.0. The van der Waals surface area contributed by atoms with Gasteiger partial charge in [-0.15, -0.1) is 0 Å². The highest BCUT2D eigenvalue weighted by Gasteiger charge is 2.18. The van der Waals surface area contributed by atoms with E-state index in [0.717, 1.165) is 5.69 Å². The van der Waals surface area contributed by atoms with Gasteiger partial charge in [0.1, 0.15) is 18.1 Å². The number of hydrogen-bond donors (Lipinski definition) is 0. The maximum Gasteiger partial charge on any atom is 0.274 e. The van der Waals surface area contributed by atoms with Gasteiger partial charge >= 0.3 is 0 Å². The number of amides is 1. The molecule has 29 heavy (non-hydrogen) atoms. The van der Waals surface area contributed by atoms with Crippen molar-refractivity contribution < 1.29 is 13.7 Å². The summed E-state index contributed by atoms with van der Waals surface area (Å²) in [7, 11) is 1.73. The summed E-state index contributed by atoms with van der Waals surface area (Å²) in [6, 6.07) is 17.5. The van der Waals surface area contributed by atoms with Gasteiger partial charge in [-0.2, -0.15) is 4.98 Å². The predicted molar refractivity (Wildman–Crippen MR) is 111 cm³/mol. The van der Waals surface area contributed by atoms with Gasteiger partial charge in [-0.05, 0) is 58.4 Å². The van der Waals surface area contributed by atoms with E-state index in [4.69, 9.17) is 4.52 Å². The molecule has 0 radical (unpaired) electrons. The van der Waals surface area contributed by atoms with Crippen LogP contribution in [-0.2, 0) is 11.3 Å². The van der Waals surface area contributed by atoms with Crippen LogP contribution in [0.5, 0.6) is 0 Å². The molecule has 4 rings (SSSR count). The number of nitrogens with zero attached hydrogens (tertiary/aromatic N) is 4. The summed E-state index contributed by atoms with van der Waals surface area (Å²) in [6.45, 7) is 0.119. The van der Waals surface area contributed by atoms with Crippen LogP contribution in [0, 0.1) is 5.82 Å². The number of para-hydroxylation sites is 1. The molecule has 0 aliphatic carbocycles. The van der Waals surface area contributed by atoms with Crippen LogP contribution in [0.1, 0.15) is 0 Å². The number of rotatable bonds is 5. The van der Waals surface area contributed by atoms with E-state index in [1.54, 1.807) is 40.9 Å². The summed E-state index contributed by atoms with van der Waals surface area (Å²) >= 11 is 3.15. The van der Waals surface area contributed by atoms with Crippen LogP contribution in [0.4, 0.5) is 10.1 Å². The summed E-state index contributed by atoms with van der Waals surface area (Å²) < 4.78 is 20.9. The Morgan fingerprint density at radius 1 is 1.17 bits per heavy atom. The van der Waals surface area contributed by atoms with E-state index in [2.05, 4.69) is 26.1 Å². The van der Waals surface area contributed by atoms with Crippen molar-refractivity contribution in [3.8, 4) is 23.0 Å². The minimum Gasteiger partial charge on any atom is -0.334 e. The van der Waals surface area contributed by atoms with Crippen LogP contribution in [0.15, 0.2) is 75.9 Å². The van der Waals surface area contributed by atoms with Gasteiger partial charge in [-0.3, -0.25) is 4.79 Å². The first-order valence-electron chi connectivity index (χ1n) is 8.79. The molecule has 0 unspecified atom stereocenters. The van der Waals surface area contributed by atoms with E-state index in [1.165, 1.54) is 6.07 Å². The highest BCUT2D eigenvalue weighted by Crippen LogP contribution is 2.26. The number of hydrogen-bond acceptors (Lipinski definition) is 4. The van der Waals surface area contributed by atoms with Crippen molar-refractivity contribution in [2.75, 3.05) is 11.9 Å². The average molecular weight is 455 g/mol. The molecule has 0 bridgehead atoms. The number of likely N-dealkylation sites (N-methyl/N-ethyl adjacent to an activating group) is 1. The van der Waals surface area contributed by atoms with Crippen LogP contribution in [0.3, 0.4) is 0 Å². The lowest BCUT2D eigenvalue weighted by atomic mass is 10.2. The zero-order chi connectivity index (χ0) is 20.4. The Labute approximate surface area is 174 Å². The summed E-state index contributed by atoms with van der Waals surface area (Å²) in [4.78, 5) is 18.7. The Morgan fingerprint density at radius 2 is 1.97 bits per heavy atom. The van der Waals surface area contributed by atoms with Gasteiger partial charge in [0.05, 0.1) is 4.47 Å². The Kier molecular flexibility index (Phi) is 5.26. The number of carbonyl (C=O) groups excluding carboxylic acids is 1. The number of benzene rings is 2. The molecule has 0 spiro atoms. The minimum atomic E-state index is -0.368. The summed E-state index contributed by atoms with van der Waals surface area (Å²) in [5.74, 6) is 0.157. The molecule has 8 heteroatoms. The smallest absolute Gasteiger partial charge is 0.274 e. The number of anilines is 1. The molecule has 2 heterocycles. The van der Waals surface area contributed by atoms with E-state index in [1.807, 2.05) is 36.4 Å². The fraction of sp³-hybridized carbons (Fsp3) is 0.0952. The number of halogens is 2. The third kappa shape index (κ3) is 3.97. The molecule has 0 atom stereocenters. The fourth-order valence-electron chi connectivity index (χ4n) is 2.87. The van der Waals surface area contributed by atoms with Gasteiger partial charge in [0.2, 0.25) is 11.7 Å². The van der Waals surface area contributed by atoms with Crippen molar-refractivity contribution in [1.29, 1.82) is 0 Å². The van der Waals surface area contributed by atoms with Crippen LogP contribution in [0.2, 0.25) is 0 Å². The Hall–Kier alpha value is -3.26. The molecule has 2 aromatic heterocycles. The second-order valence-corrected chi connectivity index (χ2v) is 7.22. The van der Waals surface area contributed by atoms with Gasteiger partial charge < -0.3 is 14.0 Å². The van der Waals surface area contributed by atoms with Crippen molar-refractivity contribution in [2.45, 2.75) is 6.54 Å². The van der Waals surface area contributed by atoms with E-state index in [-0.39, 0.29) is 24.2 Å². The average Bonchev–Trinajstić information content (AvgIpc) is 3.39. The van der Waals surface area contributed by atoms with Crippen molar-refractivity contribution in [1.82, 2.24) is 14.7 Å². The number of carbonyl (C=O) groups is 1. The second kappa shape index (κ2) is 8.00. The fourth-order valence-corrected chi connectivity index (χ4v) is 3.25. The molecular formula is C21H16BrFN4O2. The lowest BCUT2D eigenvalue weighted by Crippen LogP contribution is -2.29. The van der Waals surface area contributed by atoms with E-state index in [0.29, 0.717) is 21.6 Å². The van der Waals surface area contributed by atoms with Crippen LogP contribution in [-0.4, -0.2) is 27.7 Å². The predicted octanol–water partition coefficient (Wildman–Crippen LogP) is 4.77. The quantitative estimate of drug-likeness (QED) is 0.435. The van der Waals surface area contributed by atoms with Gasteiger partial charge in [0.25, 0.3) is 5.89 Å². The molecule has 0 saturated carbocycles. The Balaban J connectivity index is 1.56. The normalized spacial score (nSPS) is 10.9. The van der Waals surface area contributed by atoms with E-state index < -0.39 is 0 Å². The van der Waals surface area contributed by atoms with Crippen molar-refractivity contribution in [2.24, 2.45) is 0 Å². The SMILES string of the molecule is CN(C(=O)Cn1cccc1-c1nc(-c2ccc(F)c(Br)c2)no1)c1ccccc1. The zero-order valence-electron chi connectivity index (χ0n) is 15.4. The van der Waals surface area contributed by atoms with Crippen molar-refractivity contribution in [3.63, 3.8) is 0 Å². The molecule has 146 valence electrons. The first-order valence-corrected chi connectivity index (χ1v) is 9.58. The molecule has 0 saturated heterocycles. The molecule has 4 aromatic rings. The molecule has 0 aliphatic rings. The van der Waals surface area contributed by atoms with Crippen LogP contribution < -0.4 is 4.90 Å². The largest absolute Gasteiger partial charge is 0.334 e. The zero-order valence-corrected chi connectivity index (χ0v) is 17.0. The summed E-state index contributed by atoms with van der Waals surface area (Å²) in [5, 5.41) is 3.98. The summed E-state index contributed by atoms with van der Waals surface area (Å²) in [5.41, 5.74) is 2.05. The molecule has 2 aromatic carbocycles. The van der Waals surface area contributed by atoms with Crippen molar-refractivity contribution in [3.05, 3.63) is 77.2 Å². The third-order valence-electron chi connectivity index (χ3n) is 4.48. The van der Waals surface area contributed by atoms with E-state index in [9.17, 15) is 9.18 Å². The van der Waals surface area contributed by atoms with Crippen molar-refractivity contribution >= 4 is 27.5 Å². The number of aromatic nitrogens is 3. The molecule has 6 nitrogen and oxygen atoms in total.